The van der Waals surface area contributed by atoms with Crippen molar-refractivity contribution in [1.82, 2.24) is 5.32 Å². The zero-order valence-corrected chi connectivity index (χ0v) is 27.8. The number of carbonyl (C=O) groups is 3. The number of ether oxygens (including phenoxy) is 3. The van der Waals surface area contributed by atoms with Crippen LogP contribution in [0.5, 0.6) is 0 Å². The number of carboxylic acids is 1. The van der Waals surface area contributed by atoms with Gasteiger partial charge in [0.2, 0.25) is 0 Å². The Kier molecular flexibility index (Phi) is 11.7. The highest BCUT2D eigenvalue weighted by atomic mass is 32.2. The molecule has 1 heterocycles. The van der Waals surface area contributed by atoms with E-state index in [0.29, 0.717) is 12.3 Å². The normalized spacial score (nSPS) is 19.7. The largest absolute Gasteiger partial charge is 0.478 e. The third-order valence-electron chi connectivity index (χ3n) is 8.26. The molecule has 10 heteroatoms. The molecule has 0 saturated carbocycles. The maximum Gasteiger partial charge on any atom is 0.335 e. The molecule has 5 rings (SSSR count). The van der Waals surface area contributed by atoms with E-state index >= 15 is 0 Å². The molecule has 250 valence electrons. The molecule has 1 saturated heterocycles. The molecule has 0 aromatic heterocycles. The summed E-state index contributed by atoms with van der Waals surface area (Å²) in [7, 11) is 0. The van der Waals surface area contributed by atoms with E-state index in [4.69, 9.17) is 14.2 Å². The topological polar surface area (TPSA) is 131 Å². The third-order valence-corrected chi connectivity index (χ3v) is 9.36. The van der Waals surface area contributed by atoms with Crippen LogP contribution in [0.2, 0.25) is 0 Å². The summed E-state index contributed by atoms with van der Waals surface area (Å²) >= 11 is 1.61. The lowest BCUT2D eigenvalue weighted by Crippen LogP contribution is -2.38. The number of hydrogen-bond donors (Lipinski definition) is 3. The average molecular weight is 670 g/mol. The Morgan fingerprint density at radius 3 is 2.21 bits per heavy atom. The monoisotopic (exact) mass is 669 g/mol. The van der Waals surface area contributed by atoms with E-state index in [1.807, 2.05) is 84.9 Å². The second-order valence-corrected chi connectivity index (χ2v) is 12.8. The minimum Gasteiger partial charge on any atom is -0.478 e. The Hall–Kier alpha value is -4.48. The number of carbonyl (C=O) groups excluding carboxylic acids is 2. The SMILES string of the molecule is CC(=O)O[C@@H](C)C(=O)NCc1cccc(-c2ccc([C@H]3O[C@@H](CSc4ccc(C(=O)O)cc4)[C@@H](C)[C@@H](c4ccc(CO)cc4)O3)cc2)c1. The number of thioether (sulfide) groups is 1. The Labute approximate surface area is 284 Å². The lowest BCUT2D eigenvalue weighted by Gasteiger charge is -2.41. The molecule has 4 aromatic rings. The van der Waals surface area contributed by atoms with Crippen LogP contribution in [0, 0.1) is 5.92 Å². The van der Waals surface area contributed by atoms with Crippen molar-refractivity contribution in [3.63, 3.8) is 0 Å². The fraction of sp³-hybridized carbons (Fsp3) is 0.289. The summed E-state index contributed by atoms with van der Waals surface area (Å²) in [5, 5.41) is 21.6. The molecule has 0 aliphatic carbocycles. The van der Waals surface area contributed by atoms with Crippen molar-refractivity contribution >= 4 is 29.6 Å². The van der Waals surface area contributed by atoms with Gasteiger partial charge >= 0.3 is 11.9 Å². The van der Waals surface area contributed by atoms with E-state index in [1.54, 1.807) is 23.9 Å². The molecule has 5 atom stereocenters. The molecule has 1 amide bonds. The van der Waals surface area contributed by atoms with Crippen LogP contribution in [0.1, 0.15) is 65.8 Å². The molecule has 48 heavy (non-hydrogen) atoms. The summed E-state index contributed by atoms with van der Waals surface area (Å²) in [6.07, 6.45) is -1.93. The van der Waals surface area contributed by atoms with E-state index in [9.17, 15) is 24.6 Å². The van der Waals surface area contributed by atoms with Gasteiger partial charge in [-0.3, -0.25) is 9.59 Å². The number of carboxylic acid groups (broad SMARTS) is 1. The number of aliphatic hydroxyl groups excluding tert-OH is 1. The fourth-order valence-electron chi connectivity index (χ4n) is 5.51. The Morgan fingerprint density at radius 1 is 0.875 bits per heavy atom. The van der Waals surface area contributed by atoms with Gasteiger partial charge in [0.05, 0.1) is 24.4 Å². The molecule has 0 bridgehead atoms. The fourth-order valence-corrected chi connectivity index (χ4v) is 6.58. The van der Waals surface area contributed by atoms with Gasteiger partial charge in [0.25, 0.3) is 5.91 Å². The number of benzene rings is 4. The van der Waals surface area contributed by atoms with Crippen molar-refractivity contribution in [2.75, 3.05) is 5.75 Å². The quantitative estimate of drug-likeness (QED) is 0.111. The Balaban J connectivity index is 1.31. The molecule has 1 aliphatic rings. The van der Waals surface area contributed by atoms with Crippen molar-refractivity contribution in [2.24, 2.45) is 5.92 Å². The minimum absolute atomic E-state index is 0.00605. The zero-order chi connectivity index (χ0) is 34.2. The lowest BCUT2D eigenvalue weighted by atomic mass is 9.91. The van der Waals surface area contributed by atoms with Crippen molar-refractivity contribution in [2.45, 2.75) is 63.4 Å². The van der Waals surface area contributed by atoms with Crippen LogP contribution < -0.4 is 5.32 Å². The standard InChI is InChI=1S/C38H39NO8S/c1-23-34(22-48-33-17-15-30(16-18-33)37(43)44)46-38(47-35(23)29-9-7-26(21-40)8-10-29)31-13-11-28(12-14-31)32-6-4-5-27(19-32)20-39-36(42)24(2)45-25(3)41/h4-19,23-24,34-35,38,40H,20-22H2,1-3H3,(H,39,42)(H,43,44)/t23-,24+,34+,35+,38+/m1/s1. The van der Waals surface area contributed by atoms with E-state index in [2.05, 4.69) is 12.2 Å². The second kappa shape index (κ2) is 16.1. The van der Waals surface area contributed by atoms with Crippen LogP contribution in [0.15, 0.2) is 102 Å². The highest BCUT2D eigenvalue weighted by molar-refractivity contribution is 7.99. The Morgan fingerprint density at radius 2 is 1.56 bits per heavy atom. The predicted molar refractivity (Wildman–Crippen MR) is 182 cm³/mol. The van der Waals surface area contributed by atoms with Crippen molar-refractivity contribution in [1.29, 1.82) is 0 Å². The summed E-state index contributed by atoms with van der Waals surface area (Å²) in [5.74, 6) is -1.18. The van der Waals surface area contributed by atoms with E-state index in [0.717, 1.165) is 38.3 Å². The number of nitrogens with one attached hydrogen (secondary N) is 1. The number of esters is 1. The molecule has 4 aromatic carbocycles. The van der Waals surface area contributed by atoms with Gasteiger partial charge in [-0.2, -0.15) is 0 Å². The van der Waals surface area contributed by atoms with Gasteiger partial charge in [-0.1, -0.05) is 73.7 Å². The molecule has 0 radical (unpaired) electrons. The van der Waals surface area contributed by atoms with Crippen molar-refractivity contribution < 1.29 is 38.8 Å². The molecular weight excluding hydrogens is 630 g/mol. The summed E-state index contributed by atoms with van der Waals surface area (Å²) in [4.78, 5) is 35.7. The molecule has 0 unspecified atom stereocenters. The van der Waals surface area contributed by atoms with E-state index < -0.39 is 24.3 Å². The molecule has 1 aliphatic heterocycles. The van der Waals surface area contributed by atoms with E-state index in [1.165, 1.54) is 13.8 Å². The molecule has 3 N–H and O–H groups in total. The van der Waals surface area contributed by atoms with Gasteiger partial charge in [-0.05, 0) is 65.1 Å². The number of aliphatic hydroxyl groups is 1. The molecular formula is C38H39NO8S. The lowest BCUT2D eigenvalue weighted by molar-refractivity contribution is -0.268. The number of aromatic carboxylic acids is 1. The van der Waals surface area contributed by atoms with Crippen LogP contribution in [-0.4, -0.2) is 46.0 Å². The first-order valence-corrected chi connectivity index (χ1v) is 16.7. The first-order valence-electron chi connectivity index (χ1n) is 15.7. The predicted octanol–water partition coefficient (Wildman–Crippen LogP) is 6.70. The summed E-state index contributed by atoms with van der Waals surface area (Å²) in [6.45, 7) is 5.17. The van der Waals surface area contributed by atoms with Gasteiger partial charge in [-0.25, -0.2) is 4.79 Å². The number of amides is 1. The second-order valence-electron chi connectivity index (χ2n) is 11.8. The third kappa shape index (κ3) is 8.90. The highest BCUT2D eigenvalue weighted by Gasteiger charge is 2.38. The van der Waals surface area contributed by atoms with Crippen LogP contribution in [0.4, 0.5) is 0 Å². The summed E-state index contributed by atoms with van der Waals surface area (Å²) in [6, 6.07) is 30.5. The summed E-state index contributed by atoms with van der Waals surface area (Å²) < 4.78 is 18.1. The molecule has 1 fully saturated rings. The van der Waals surface area contributed by atoms with Gasteiger partial charge in [0, 0.05) is 35.6 Å². The van der Waals surface area contributed by atoms with Crippen LogP contribution in [0.3, 0.4) is 0 Å². The molecule has 9 nitrogen and oxygen atoms in total. The number of hydrogen-bond acceptors (Lipinski definition) is 8. The Bertz CT molecular complexity index is 1710. The maximum absolute atomic E-state index is 12.3. The van der Waals surface area contributed by atoms with Crippen LogP contribution in [0.25, 0.3) is 11.1 Å². The highest BCUT2D eigenvalue weighted by Crippen LogP contribution is 2.43. The first kappa shape index (κ1) is 34.8. The van der Waals surface area contributed by atoms with Gasteiger partial charge in [0.1, 0.15) is 0 Å². The zero-order valence-electron chi connectivity index (χ0n) is 27.0. The van der Waals surface area contributed by atoms with Gasteiger partial charge in [-0.15, -0.1) is 11.8 Å². The first-order chi connectivity index (χ1) is 23.1. The number of rotatable bonds is 12. The smallest absolute Gasteiger partial charge is 0.335 e. The van der Waals surface area contributed by atoms with Gasteiger partial charge in [0.15, 0.2) is 12.4 Å². The minimum atomic E-state index is -0.958. The van der Waals surface area contributed by atoms with Crippen LogP contribution >= 0.6 is 11.8 Å². The summed E-state index contributed by atoms with van der Waals surface area (Å²) in [5.41, 5.74) is 5.80. The van der Waals surface area contributed by atoms with Crippen molar-refractivity contribution in [3.8, 4) is 11.1 Å². The van der Waals surface area contributed by atoms with Gasteiger partial charge < -0.3 is 29.7 Å². The maximum atomic E-state index is 12.3. The molecule has 0 spiro atoms. The van der Waals surface area contributed by atoms with Crippen LogP contribution in [-0.2, 0) is 37.0 Å². The van der Waals surface area contributed by atoms with E-state index in [-0.39, 0.29) is 36.2 Å². The van der Waals surface area contributed by atoms with Crippen molar-refractivity contribution in [3.05, 3.63) is 125 Å². The average Bonchev–Trinajstić information content (AvgIpc) is 3.10.